The molecule has 11 heteroatoms. The number of aliphatic hydroxyl groups excluding tert-OH is 1. The van der Waals surface area contributed by atoms with Crippen LogP contribution < -0.4 is 5.32 Å². The molecule has 10 nitrogen and oxygen atoms in total. The summed E-state index contributed by atoms with van der Waals surface area (Å²) in [4.78, 5) is 19.4. The summed E-state index contributed by atoms with van der Waals surface area (Å²) in [5.41, 5.74) is 3.27. The van der Waals surface area contributed by atoms with Crippen molar-refractivity contribution in [2.75, 3.05) is 18.5 Å². The molecule has 4 aromatic rings. The number of anilines is 1. The summed E-state index contributed by atoms with van der Waals surface area (Å²) in [6, 6.07) is 7.53. The fourth-order valence-electron chi connectivity index (χ4n) is 2.85. The molecule has 0 amide bonds. The Kier molecular flexibility index (Phi) is 4.84. The first-order valence-electron chi connectivity index (χ1n) is 8.49. The number of H-pyrrole nitrogens is 1. The number of nitro groups is 1. The third kappa shape index (κ3) is 3.37. The van der Waals surface area contributed by atoms with Crippen molar-refractivity contribution >= 4 is 45.2 Å². The number of nitrogens with zero attached hydrogens (tertiary/aromatic N) is 4. The van der Waals surface area contributed by atoms with E-state index in [1.54, 1.807) is 6.07 Å². The van der Waals surface area contributed by atoms with Gasteiger partial charge in [-0.25, -0.2) is 9.61 Å². The fourth-order valence-corrected chi connectivity index (χ4v) is 3.77. The normalized spacial score (nSPS) is 11.4. The number of hydrogen-bond acceptors (Lipinski definition) is 9. The number of aromatic nitrogens is 4. The first kappa shape index (κ1) is 18.2. The van der Waals surface area contributed by atoms with E-state index in [0.29, 0.717) is 28.5 Å². The lowest BCUT2D eigenvalue weighted by Gasteiger charge is -2.08. The van der Waals surface area contributed by atoms with Crippen molar-refractivity contribution in [3.63, 3.8) is 0 Å². The quantitative estimate of drug-likeness (QED) is 0.242. The van der Waals surface area contributed by atoms with E-state index in [4.69, 9.17) is 9.74 Å². The van der Waals surface area contributed by atoms with Gasteiger partial charge in [0.05, 0.1) is 16.0 Å². The highest BCUT2D eigenvalue weighted by molar-refractivity contribution is 7.99. The van der Waals surface area contributed by atoms with Gasteiger partial charge in [0.2, 0.25) is 5.52 Å². The lowest BCUT2D eigenvalue weighted by molar-refractivity contribution is -0.382. The van der Waals surface area contributed by atoms with Crippen LogP contribution in [-0.4, -0.2) is 43.5 Å². The lowest BCUT2D eigenvalue weighted by atomic mass is 10.2. The van der Waals surface area contributed by atoms with E-state index in [1.807, 2.05) is 25.1 Å². The number of aryl methyl sites for hydroxylation is 1. The number of hydrogen-bond donors (Lipinski definition) is 3. The average Bonchev–Trinajstić information content (AvgIpc) is 3.28. The molecule has 2 aromatic carbocycles. The zero-order valence-electron chi connectivity index (χ0n) is 14.8. The minimum Gasteiger partial charge on any atom is -0.396 e. The molecule has 0 unspecified atom stereocenters. The van der Waals surface area contributed by atoms with Gasteiger partial charge in [-0.05, 0) is 59.2 Å². The van der Waals surface area contributed by atoms with Crippen molar-refractivity contribution in [3.8, 4) is 0 Å². The number of nitrogens with one attached hydrogen (secondary N) is 2. The molecule has 2 aromatic heterocycles. The van der Waals surface area contributed by atoms with Crippen LogP contribution in [0.5, 0.6) is 0 Å². The minimum absolute atomic E-state index is 0.0193. The second-order valence-electron chi connectivity index (χ2n) is 6.16. The highest BCUT2D eigenvalue weighted by Crippen LogP contribution is 2.40. The molecule has 0 aliphatic carbocycles. The van der Waals surface area contributed by atoms with Gasteiger partial charge in [0.25, 0.3) is 0 Å². The van der Waals surface area contributed by atoms with E-state index in [2.05, 4.69) is 25.6 Å². The van der Waals surface area contributed by atoms with Crippen LogP contribution in [0.3, 0.4) is 0 Å². The van der Waals surface area contributed by atoms with Gasteiger partial charge in [-0.1, -0.05) is 6.07 Å². The maximum atomic E-state index is 11.6. The largest absolute Gasteiger partial charge is 0.396 e. The van der Waals surface area contributed by atoms with E-state index < -0.39 is 4.92 Å². The van der Waals surface area contributed by atoms with E-state index in [-0.39, 0.29) is 23.5 Å². The Labute approximate surface area is 162 Å². The van der Waals surface area contributed by atoms with Crippen LogP contribution in [0.15, 0.2) is 38.9 Å². The second-order valence-corrected chi connectivity index (χ2v) is 7.19. The number of rotatable bonds is 7. The SMILES string of the molecule is Cc1ccc2nc(Sc3cc(NCCCO)c([N+](=O)[O-])c4nonc34)[nH]c2c1. The van der Waals surface area contributed by atoms with Crippen LogP contribution in [0, 0.1) is 17.0 Å². The molecule has 0 aliphatic rings. The summed E-state index contributed by atoms with van der Waals surface area (Å²) >= 11 is 1.29. The van der Waals surface area contributed by atoms with Crippen molar-refractivity contribution < 1.29 is 14.7 Å². The zero-order chi connectivity index (χ0) is 19.7. The van der Waals surface area contributed by atoms with Crippen LogP contribution in [0.2, 0.25) is 0 Å². The van der Waals surface area contributed by atoms with Gasteiger partial charge in [-0.3, -0.25) is 10.1 Å². The topological polar surface area (TPSA) is 143 Å². The highest BCUT2D eigenvalue weighted by Gasteiger charge is 2.26. The van der Waals surface area contributed by atoms with Crippen molar-refractivity contribution in [2.24, 2.45) is 0 Å². The monoisotopic (exact) mass is 400 g/mol. The molecule has 0 aliphatic heterocycles. The van der Waals surface area contributed by atoms with Crippen LogP contribution in [0.4, 0.5) is 11.4 Å². The predicted octanol–water partition coefficient (Wildman–Crippen LogP) is 3.26. The Morgan fingerprint density at radius 3 is 2.93 bits per heavy atom. The molecule has 0 radical (unpaired) electrons. The summed E-state index contributed by atoms with van der Waals surface area (Å²) in [5, 5.41) is 31.7. The molecule has 0 saturated heterocycles. The molecular formula is C17H16N6O4S. The van der Waals surface area contributed by atoms with Crippen molar-refractivity contribution in [2.45, 2.75) is 23.4 Å². The number of fused-ring (bicyclic) bond motifs is 2. The van der Waals surface area contributed by atoms with Gasteiger partial charge in [0.1, 0.15) is 5.69 Å². The molecule has 2 heterocycles. The molecule has 28 heavy (non-hydrogen) atoms. The summed E-state index contributed by atoms with van der Waals surface area (Å²) in [5.74, 6) is 0. The Morgan fingerprint density at radius 2 is 2.14 bits per heavy atom. The Morgan fingerprint density at radius 1 is 1.32 bits per heavy atom. The second kappa shape index (κ2) is 7.44. The number of nitro benzene ring substituents is 1. The molecule has 0 atom stereocenters. The average molecular weight is 400 g/mol. The molecule has 4 rings (SSSR count). The molecule has 3 N–H and O–H groups in total. The smallest absolute Gasteiger partial charge is 0.323 e. The van der Waals surface area contributed by atoms with Gasteiger partial charge >= 0.3 is 5.69 Å². The standard InChI is InChI=1S/C17H16N6O4S/c1-9-3-4-10-11(7-9)20-17(19-10)28-13-8-12(18-5-2-6-24)16(23(25)26)15-14(13)21-27-22-15/h3-4,7-8,18,24H,2,5-6H2,1H3,(H,19,20). The number of aliphatic hydroxyl groups is 1. The van der Waals surface area contributed by atoms with E-state index in [0.717, 1.165) is 16.6 Å². The number of aromatic amines is 1. The maximum absolute atomic E-state index is 11.6. The van der Waals surface area contributed by atoms with Crippen LogP contribution >= 0.6 is 11.8 Å². The molecule has 0 saturated carbocycles. The van der Waals surface area contributed by atoms with E-state index >= 15 is 0 Å². The maximum Gasteiger partial charge on any atom is 0.323 e. The van der Waals surface area contributed by atoms with Crippen LogP contribution in [0.25, 0.3) is 22.1 Å². The fraction of sp³-hybridized carbons (Fsp3) is 0.235. The van der Waals surface area contributed by atoms with Gasteiger partial charge in [0, 0.05) is 18.0 Å². The third-order valence-corrected chi connectivity index (χ3v) is 5.05. The molecule has 0 bridgehead atoms. The van der Waals surface area contributed by atoms with Crippen LogP contribution in [-0.2, 0) is 0 Å². The summed E-state index contributed by atoms with van der Waals surface area (Å²) in [6.07, 6.45) is 0.456. The van der Waals surface area contributed by atoms with E-state index in [1.165, 1.54) is 11.8 Å². The van der Waals surface area contributed by atoms with Crippen molar-refractivity contribution in [1.29, 1.82) is 0 Å². The Balaban J connectivity index is 1.77. The Hall–Kier alpha value is -3.18. The first-order valence-corrected chi connectivity index (χ1v) is 9.31. The minimum atomic E-state index is -0.522. The highest BCUT2D eigenvalue weighted by atomic mass is 32.2. The van der Waals surface area contributed by atoms with Crippen LogP contribution in [0.1, 0.15) is 12.0 Å². The van der Waals surface area contributed by atoms with Crippen molar-refractivity contribution in [3.05, 3.63) is 39.9 Å². The van der Waals surface area contributed by atoms with Crippen molar-refractivity contribution in [1.82, 2.24) is 20.3 Å². The molecule has 0 spiro atoms. The molecular weight excluding hydrogens is 384 g/mol. The van der Waals surface area contributed by atoms with Gasteiger partial charge in [-0.15, -0.1) is 0 Å². The van der Waals surface area contributed by atoms with Gasteiger partial charge in [-0.2, -0.15) is 0 Å². The lowest BCUT2D eigenvalue weighted by Crippen LogP contribution is -2.06. The first-order chi connectivity index (χ1) is 13.6. The Bertz CT molecular complexity index is 1170. The van der Waals surface area contributed by atoms with Gasteiger partial charge in [0.15, 0.2) is 10.7 Å². The number of imidazole rings is 1. The van der Waals surface area contributed by atoms with Gasteiger partial charge < -0.3 is 15.4 Å². The molecule has 144 valence electrons. The number of benzene rings is 2. The summed E-state index contributed by atoms with van der Waals surface area (Å²) in [7, 11) is 0. The third-order valence-electron chi connectivity index (χ3n) is 4.13. The summed E-state index contributed by atoms with van der Waals surface area (Å²) < 4.78 is 4.77. The molecule has 0 fully saturated rings. The van der Waals surface area contributed by atoms with E-state index in [9.17, 15) is 10.1 Å². The zero-order valence-corrected chi connectivity index (χ0v) is 15.6. The summed E-state index contributed by atoms with van der Waals surface area (Å²) in [6.45, 7) is 2.36. The predicted molar refractivity (Wildman–Crippen MR) is 104 cm³/mol.